The van der Waals surface area contributed by atoms with E-state index in [1.807, 2.05) is 26.8 Å². The number of H-pyrrole nitrogens is 1. The molecule has 0 saturated heterocycles. The third kappa shape index (κ3) is 4.10. The van der Waals surface area contributed by atoms with E-state index >= 15 is 0 Å². The highest BCUT2D eigenvalue weighted by Gasteiger charge is 2.14. The van der Waals surface area contributed by atoms with Gasteiger partial charge in [-0.05, 0) is 52.0 Å². The normalized spacial score (nSPS) is 12.0. The summed E-state index contributed by atoms with van der Waals surface area (Å²) in [4.78, 5) is 19.9. The average molecular weight is 397 g/mol. The summed E-state index contributed by atoms with van der Waals surface area (Å²) in [6, 6.07) is 10.6. The van der Waals surface area contributed by atoms with Crippen LogP contribution in [-0.2, 0) is 0 Å². The zero-order chi connectivity index (χ0) is 20.4. The maximum absolute atomic E-state index is 12.6. The predicted octanol–water partition coefficient (Wildman–Crippen LogP) is 4.72. The van der Waals surface area contributed by atoms with Crippen LogP contribution in [-0.4, -0.2) is 16.1 Å². The van der Waals surface area contributed by atoms with Gasteiger partial charge < -0.3 is 15.0 Å². The summed E-state index contributed by atoms with van der Waals surface area (Å²) in [7, 11) is 0. The molecule has 0 spiro atoms. The Bertz CT molecular complexity index is 1130. The van der Waals surface area contributed by atoms with Gasteiger partial charge >= 0.3 is 0 Å². The van der Waals surface area contributed by atoms with Crippen LogP contribution >= 0.6 is 11.6 Å². The van der Waals surface area contributed by atoms with Gasteiger partial charge in [0.05, 0.1) is 33.9 Å². The molecule has 2 heterocycles. The summed E-state index contributed by atoms with van der Waals surface area (Å²) in [6.07, 6.45) is -0.0199. The second-order valence-corrected chi connectivity index (χ2v) is 7.30. The first-order chi connectivity index (χ1) is 13.3. The van der Waals surface area contributed by atoms with Gasteiger partial charge in [-0.1, -0.05) is 11.6 Å². The lowest BCUT2D eigenvalue weighted by atomic mass is 10.1. The third-order valence-electron chi connectivity index (χ3n) is 4.33. The molecule has 2 N–H and O–H groups in total. The number of nitrogens with zero attached hydrogens (tertiary/aromatic N) is 2. The van der Waals surface area contributed by atoms with Gasteiger partial charge in [-0.25, -0.2) is 4.98 Å². The number of aromatic amines is 1. The van der Waals surface area contributed by atoms with Crippen LogP contribution in [0, 0.1) is 18.3 Å². The second kappa shape index (κ2) is 7.91. The van der Waals surface area contributed by atoms with E-state index in [1.54, 1.807) is 31.2 Å². The van der Waals surface area contributed by atoms with Gasteiger partial charge in [-0.3, -0.25) is 4.79 Å². The lowest BCUT2D eigenvalue weighted by Crippen LogP contribution is -2.20. The zero-order valence-corrected chi connectivity index (χ0v) is 16.9. The number of anilines is 1. The highest BCUT2D eigenvalue weighted by Crippen LogP contribution is 2.30. The number of rotatable bonds is 5. The molecule has 7 heteroatoms. The molecule has 144 valence electrons. The van der Waals surface area contributed by atoms with Gasteiger partial charge in [-0.15, -0.1) is 0 Å². The van der Waals surface area contributed by atoms with E-state index in [0.717, 1.165) is 5.39 Å². The SMILES string of the molecule is Cc1nc(NC(C)c2cc3cc(Cl)c(OC(C)C)cc3[nH]c2=O)ccc1C#N. The summed E-state index contributed by atoms with van der Waals surface area (Å²) in [5.74, 6) is 1.14. The molecule has 0 radical (unpaired) electrons. The number of ether oxygens (including phenoxy) is 1. The fraction of sp³-hybridized carbons (Fsp3) is 0.286. The molecule has 1 aromatic carbocycles. The number of hydrogen-bond acceptors (Lipinski definition) is 5. The summed E-state index contributed by atoms with van der Waals surface area (Å²) in [5, 5.41) is 13.5. The molecule has 2 aromatic heterocycles. The van der Waals surface area contributed by atoms with E-state index in [0.29, 0.717) is 38.9 Å². The molecular weight excluding hydrogens is 376 g/mol. The minimum Gasteiger partial charge on any atom is -0.489 e. The molecule has 0 saturated carbocycles. The Morgan fingerprint density at radius 3 is 2.64 bits per heavy atom. The molecular formula is C21H21ClN4O2. The van der Waals surface area contributed by atoms with Crippen molar-refractivity contribution in [3.05, 3.63) is 62.5 Å². The Morgan fingerprint density at radius 2 is 2.00 bits per heavy atom. The molecule has 0 aliphatic heterocycles. The topological polar surface area (TPSA) is 90.8 Å². The summed E-state index contributed by atoms with van der Waals surface area (Å²) < 4.78 is 5.68. The lowest BCUT2D eigenvalue weighted by molar-refractivity contribution is 0.243. The van der Waals surface area contributed by atoms with Gasteiger partial charge in [-0.2, -0.15) is 5.26 Å². The maximum atomic E-state index is 12.6. The fourth-order valence-electron chi connectivity index (χ4n) is 2.95. The van der Waals surface area contributed by atoms with E-state index in [1.165, 1.54) is 0 Å². The van der Waals surface area contributed by atoms with Crippen LogP contribution in [0.3, 0.4) is 0 Å². The van der Waals surface area contributed by atoms with Gasteiger partial charge in [0.25, 0.3) is 5.56 Å². The monoisotopic (exact) mass is 396 g/mol. The molecule has 1 unspecified atom stereocenters. The Morgan fingerprint density at radius 1 is 1.25 bits per heavy atom. The Kier molecular flexibility index (Phi) is 5.57. The van der Waals surface area contributed by atoms with E-state index in [9.17, 15) is 4.79 Å². The number of benzene rings is 1. The van der Waals surface area contributed by atoms with Crippen molar-refractivity contribution in [2.75, 3.05) is 5.32 Å². The standard InChI is InChI=1S/C21H21ClN4O2/c1-11(2)28-19-9-18-15(8-17(19)22)7-16(21(27)26-18)13(4)25-20-6-5-14(10-23)12(3)24-20/h5-9,11,13H,1-4H3,(H,24,25)(H,26,27). The molecule has 1 atom stereocenters. The molecule has 28 heavy (non-hydrogen) atoms. The first-order valence-electron chi connectivity index (χ1n) is 8.96. The Labute approximate surface area is 168 Å². The lowest BCUT2D eigenvalue weighted by Gasteiger charge is -2.16. The molecule has 3 aromatic rings. The van der Waals surface area contributed by atoms with Crippen molar-refractivity contribution >= 4 is 28.3 Å². The maximum Gasteiger partial charge on any atom is 0.253 e. The number of aryl methyl sites for hydroxylation is 1. The Balaban J connectivity index is 1.94. The molecule has 0 bridgehead atoms. The van der Waals surface area contributed by atoms with Crippen LogP contribution in [0.4, 0.5) is 5.82 Å². The number of nitriles is 1. The minimum atomic E-state index is -0.293. The second-order valence-electron chi connectivity index (χ2n) is 6.90. The molecule has 0 aliphatic rings. The number of fused-ring (bicyclic) bond motifs is 1. The first-order valence-corrected chi connectivity index (χ1v) is 9.33. The smallest absolute Gasteiger partial charge is 0.253 e. The van der Waals surface area contributed by atoms with Crippen molar-refractivity contribution in [1.29, 1.82) is 5.26 Å². The predicted molar refractivity (Wildman–Crippen MR) is 111 cm³/mol. The highest BCUT2D eigenvalue weighted by atomic mass is 35.5. The van der Waals surface area contributed by atoms with Crippen molar-refractivity contribution in [3.63, 3.8) is 0 Å². The summed E-state index contributed by atoms with van der Waals surface area (Å²) >= 11 is 6.33. The number of nitrogens with one attached hydrogen (secondary N) is 2. The number of hydrogen-bond donors (Lipinski definition) is 2. The number of pyridine rings is 2. The molecule has 3 rings (SSSR count). The third-order valence-corrected chi connectivity index (χ3v) is 4.62. The van der Waals surface area contributed by atoms with Crippen molar-refractivity contribution in [2.24, 2.45) is 0 Å². The van der Waals surface area contributed by atoms with Gasteiger partial charge in [0.1, 0.15) is 17.6 Å². The van der Waals surface area contributed by atoms with E-state index in [4.69, 9.17) is 21.6 Å². The van der Waals surface area contributed by atoms with E-state index in [2.05, 4.69) is 21.4 Å². The molecule has 0 fully saturated rings. The highest BCUT2D eigenvalue weighted by molar-refractivity contribution is 6.32. The fourth-order valence-corrected chi connectivity index (χ4v) is 3.17. The van der Waals surface area contributed by atoms with Crippen LogP contribution in [0.25, 0.3) is 10.9 Å². The minimum absolute atomic E-state index is 0.0199. The van der Waals surface area contributed by atoms with E-state index in [-0.39, 0.29) is 17.7 Å². The molecule has 6 nitrogen and oxygen atoms in total. The first kappa shape index (κ1) is 19.7. The molecule has 0 amide bonds. The Hall–Kier alpha value is -3.04. The largest absolute Gasteiger partial charge is 0.489 e. The van der Waals surface area contributed by atoms with Crippen LogP contribution in [0.15, 0.2) is 35.1 Å². The quantitative estimate of drug-likeness (QED) is 0.651. The molecule has 0 aliphatic carbocycles. The van der Waals surface area contributed by atoms with Crippen LogP contribution < -0.4 is 15.6 Å². The van der Waals surface area contributed by atoms with Gasteiger partial charge in [0.15, 0.2) is 0 Å². The number of aromatic nitrogens is 2. The van der Waals surface area contributed by atoms with Crippen molar-refractivity contribution < 1.29 is 4.74 Å². The van der Waals surface area contributed by atoms with Crippen molar-refractivity contribution in [2.45, 2.75) is 39.8 Å². The van der Waals surface area contributed by atoms with Crippen molar-refractivity contribution in [3.8, 4) is 11.8 Å². The van der Waals surface area contributed by atoms with Crippen LogP contribution in [0.2, 0.25) is 5.02 Å². The van der Waals surface area contributed by atoms with Gasteiger partial charge in [0, 0.05) is 17.0 Å². The van der Waals surface area contributed by atoms with Gasteiger partial charge in [0.2, 0.25) is 0 Å². The van der Waals surface area contributed by atoms with Crippen LogP contribution in [0.5, 0.6) is 5.75 Å². The van der Waals surface area contributed by atoms with Crippen molar-refractivity contribution in [1.82, 2.24) is 9.97 Å². The number of halogens is 1. The summed E-state index contributed by atoms with van der Waals surface area (Å²) in [5.41, 5.74) is 2.18. The summed E-state index contributed by atoms with van der Waals surface area (Å²) in [6.45, 7) is 7.48. The average Bonchev–Trinajstić information content (AvgIpc) is 2.62. The zero-order valence-electron chi connectivity index (χ0n) is 16.1. The van der Waals surface area contributed by atoms with E-state index < -0.39 is 0 Å². The van der Waals surface area contributed by atoms with Crippen LogP contribution in [0.1, 0.15) is 43.6 Å².